The molecular weight excluding hydrogens is 745 g/mol. The third kappa shape index (κ3) is 7.74. The van der Waals surface area contributed by atoms with Crippen LogP contribution in [0.5, 0.6) is 0 Å². The monoisotopic (exact) mass is 794 g/mol. The van der Waals surface area contributed by atoms with Crippen LogP contribution in [0.3, 0.4) is 0 Å². The molecule has 4 atom stereocenters. The van der Waals surface area contributed by atoms with Crippen molar-refractivity contribution in [2.45, 2.75) is 53.0 Å². The van der Waals surface area contributed by atoms with Crippen molar-refractivity contribution in [3.8, 4) is 0 Å². The standard InChI is InChI=1S/C44H50N4O10/c1-9-27-24(3)33-20-38-31-12-10-29(42(52)54-7)41(43(53)55-8)44(31,6)39(48-38)22-34-26(5)30(18-23(2)58-57-17-15-50)37(47-34)21-36-28(11-13-40(51)56-16-14-49)25(4)32(46-36)19-35(27)45-33/h9-10,12,19-22,30,37,41,45,47,49-50H,1-2,11,13-18H2,3-8H3/b33-20-,35-19-,36-21-,39-22-/t30?,37?,41-,44+/m0/s1. The number of aromatic nitrogens is 1. The van der Waals surface area contributed by atoms with Crippen LogP contribution in [0.1, 0.15) is 51.2 Å². The van der Waals surface area contributed by atoms with Gasteiger partial charge >= 0.3 is 17.9 Å². The first kappa shape index (κ1) is 41.8. The molecule has 6 rings (SSSR count). The quantitative estimate of drug-likeness (QED) is 0.0540. The van der Waals surface area contributed by atoms with E-state index in [1.54, 1.807) is 12.2 Å². The molecule has 2 unspecified atom stereocenters. The normalized spacial score (nSPS) is 26.1. The fourth-order valence-electron chi connectivity index (χ4n) is 8.26. The molecule has 4 aliphatic heterocycles. The van der Waals surface area contributed by atoms with E-state index in [0.717, 1.165) is 44.2 Å². The number of rotatable bonds is 14. The maximum atomic E-state index is 13.8. The van der Waals surface area contributed by atoms with Crippen molar-refractivity contribution in [3.63, 3.8) is 0 Å². The van der Waals surface area contributed by atoms with Gasteiger partial charge in [0.15, 0.2) is 0 Å². The van der Waals surface area contributed by atoms with Crippen LogP contribution in [0.15, 0.2) is 98.2 Å². The van der Waals surface area contributed by atoms with Gasteiger partial charge in [-0.15, -0.1) is 0 Å². The smallest absolute Gasteiger partial charge is 0.334 e. The van der Waals surface area contributed by atoms with Crippen LogP contribution < -0.4 is 16.0 Å². The zero-order valence-electron chi connectivity index (χ0n) is 33.7. The van der Waals surface area contributed by atoms with E-state index in [4.69, 9.17) is 34.0 Å². The van der Waals surface area contributed by atoms with Gasteiger partial charge in [-0.2, -0.15) is 4.89 Å². The first-order valence-corrected chi connectivity index (χ1v) is 19.1. The number of aliphatic imine (C=N–C) groups is 2. The van der Waals surface area contributed by atoms with E-state index in [9.17, 15) is 24.6 Å². The van der Waals surface area contributed by atoms with Crippen molar-refractivity contribution in [2.75, 3.05) is 40.6 Å². The van der Waals surface area contributed by atoms with Gasteiger partial charge in [0.1, 0.15) is 24.9 Å². The molecule has 14 nitrogen and oxygen atoms in total. The van der Waals surface area contributed by atoms with E-state index in [-0.39, 0.29) is 44.3 Å². The topological polar surface area (TPSA) is 190 Å². The maximum Gasteiger partial charge on any atom is 0.334 e. The Labute approximate surface area is 336 Å². The molecule has 1 aliphatic carbocycles. The third-order valence-corrected chi connectivity index (χ3v) is 11.4. The van der Waals surface area contributed by atoms with Crippen molar-refractivity contribution in [1.29, 1.82) is 0 Å². The van der Waals surface area contributed by atoms with Crippen molar-refractivity contribution in [2.24, 2.45) is 27.2 Å². The Balaban J connectivity index is 1.60. The van der Waals surface area contributed by atoms with E-state index in [1.165, 1.54) is 14.2 Å². The lowest BCUT2D eigenvalue weighted by Gasteiger charge is -2.37. The average molecular weight is 795 g/mol. The highest BCUT2D eigenvalue weighted by Crippen LogP contribution is 2.54. The van der Waals surface area contributed by atoms with Crippen molar-refractivity contribution < 1.29 is 48.6 Å². The van der Waals surface area contributed by atoms with Gasteiger partial charge in [-0.3, -0.25) is 14.6 Å². The van der Waals surface area contributed by atoms with Gasteiger partial charge in [0.05, 0.1) is 67.3 Å². The number of nitrogens with one attached hydrogen (secondary N) is 2. The number of carbonyl (C=O) groups is 3. The van der Waals surface area contributed by atoms with Gasteiger partial charge < -0.3 is 39.6 Å². The molecule has 1 aromatic heterocycles. The molecule has 0 radical (unpaired) electrons. The van der Waals surface area contributed by atoms with Crippen molar-refractivity contribution in [1.82, 2.24) is 10.3 Å². The fraction of sp³-hybridized carbons (Fsp3) is 0.386. The lowest BCUT2D eigenvalue weighted by atomic mass is 9.64. The number of methoxy groups -OCH3 is 2. The Morgan fingerprint density at radius 3 is 2.41 bits per heavy atom. The first-order valence-electron chi connectivity index (χ1n) is 19.1. The van der Waals surface area contributed by atoms with Gasteiger partial charge in [0, 0.05) is 40.7 Å². The Kier molecular flexibility index (Phi) is 12.5. The second kappa shape index (κ2) is 17.3. The lowest BCUT2D eigenvalue weighted by Crippen LogP contribution is -2.41. The summed E-state index contributed by atoms with van der Waals surface area (Å²) in [5, 5.41) is 23.6. The van der Waals surface area contributed by atoms with Gasteiger partial charge in [-0.05, 0) is 86.3 Å². The summed E-state index contributed by atoms with van der Waals surface area (Å²) in [5.41, 5.74) is 7.29. The molecule has 0 saturated carbocycles. The van der Waals surface area contributed by atoms with E-state index in [0.29, 0.717) is 47.0 Å². The summed E-state index contributed by atoms with van der Waals surface area (Å²) in [4.78, 5) is 64.1. The number of aromatic amines is 1. The van der Waals surface area contributed by atoms with E-state index in [1.807, 2.05) is 58.1 Å². The molecule has 8 bridgehead atoms. The van der Waals surface area contributed by atoms with Crippen LogP contribution >= 0.6 is 0 Å². The van der Waals surface area contributed by atoms with E-state index < -0.39 is 35.3 Å². The largest absolute Gasteiger partial charge is 0.469 e. The molecule has 0 fully saturated rings. The molecule has 0 saturated heterocycles. The van der Waals surface area contributed by atoms with Gasteiger partial charge in [0.2, 0.25) is 0 Å². The van der Waals surface area contributed by atoms with Crippen molar-refractivity contribution >= 4 is 47.6 Å². The minimum atomic E-state index is -1.17. The predicted octanol–water partition coefficient (Wildman–Crippen LogP) is 3.39. The third-order valence-electron chi connectivity index (χ3n) is 11.4. The van der Waals surface area contributed by atoms with Crippen LogP contribution in [0.25, 0.3) is 18.2 Å². The summed E-state index contributed by atoms with van der Waals surface area (Å²) in [6.07, 6.45) is 13.7. The first-order chi connectivity index (χ1) is 27.8. The number of fused-ring (bicyclic) bond motifs is 9. The molecule has 14 heteroatoms. The molecule has 0 amide bonds. The number of carbonyl (C=O) groups excluding carboxylic acids is 3. The second-order valence-corrected chi connectivity index (χ2v) is 14.7. The number of allylic oxidation sites excluding steroid dienone is 7. The van der Waals surface area contributed by atoms with Gasteiger partial charge in [-0.25, -0.2) is 9.79 Å². The highest BCUT2D eigenvalue weighted by Gasteiger charge is 2.55. The zero-order chi connectivity index (χ0) is 41.9. The summed E-state index contributed by atoms with van der Waals surface area (Å²) in [5.74, 6) is -2.73. The van der Waals surface area contributed by atoms with Crippen molar-refractivity contribution in [3.05, 3.63) is 110 Å². The van der Waals surface area contributed by atoms with Crippen LogP contribution in [0.4, 0.5) is 0 Å². The molecule has 4 N–H and O–H groups in total. The molecule has 5 heterocycles. The Hall–Kier alpha value is -5.83. The van der Waals surface area contributed by atoms with Crippen LogP contribution in [-0.4, -0.2) is 91.2 Å². The number of H-pyrrole nitrogens is 1. The highest BCUT2D eigenvalue weighted by molar-refractivity contribution is 6.25. The number of nitrogens with zero attached hydrogens (tertiary/aromatic N) is 2. The minimum absolute atomic E-state index is 0.0335. The van der Waals surface area contributed by atoms with E-state index in [2.05, 4.69) is 23.5 Å². The number of aliphatic hydroxyl groups excluding tert-OH is 2. The molecule has 1 aromatic rings. The number of aliphatic hydroxyl groups is 2. The maximum absolute atomic E-state index is 13.8. The number of hydrogen-bond acceptors (Lipinski definition) is 13. The molecule has 58 heavy (non-hydrogen) atoms. The molecule has 0 aromatic carbocycles. The van der Waals surface area contributed by atoms with Crippen LogP contribution in [0.2, 0.25) is 0 Å². The summed E-state index contributed by atoms with van der Waals surface area (Å²) in [6, 6.07) is -0.393. The number of esters is 3. The van der Waals surface area contributed by atoms with Crippen LogP contribution in [-0.2, 0) is 38.4 Å². The fourth-order valence-corrected chi connectivity index (χ4v) is 8.26. The summed E-state index contributed by atoms with van der Waals surface area (Å²) in [6.45, 7) is 15.4. The SMILES string of the molecule is C=Cc1c(C)/c2[nH]/c1=C\C1=NC(=C\C3NC(=C(C)C3CC(=C)OOCCO)/C=C3N=C(\C=2)C2=CC=C(C(=O)OC)[C@@H](C(=O)OC)[C@]2\3C)/C(CCC(=O)OCCO)=C1C. The molecule has 5 aliphatic rings. The summed E-state index contributed by atoms with van der Waals surface area (Å²) >= 11 is 0. The van der Waals surface area contributed by atoms with E-state index >= 15 is 0 Å². The molecular formula is C44H50N4O10. The predicted molar refractivity (Wildman–Crippen MR) is 218 cm³/mol. The second-order valence-electron chi connectivity index (χ2n) is 14.7. The molecule has 0 spiro atoms. The summed E-state index contributed by atoms with van der Waals surface area (Å²) < 4.78 is 15.7. The van der Waals surface area contributed by atoms with Crippen LogP contribution in [0, 0.1) is 24.2 Å². The lowest BCUT2D eigenvalue weighted by molar-refractivity contribution is -0.267. The number of hydrogen-bond donors (Lipinski definition) is 4. The Morgan fingerprint density at radius 2 is 1.72 bits per heavy atom. The van der Waals surface area contributed by atoms with Gasteiger partial charge in [0.25, 0.3) is 0 Å². The Morgan fingerprint density at radius 1 is 0.983 bits per heavy atom. The minimum Gasteiger partial charge on any atom is -0.469 e. The summed E-state index contributed by atoms with van der Waals surface area (Å²) in [7, 11) is 2.56. The highest BCUT2D eigenvalue weighted by atomic mass is 17.2. The number of ether oxygens (including phenoxy) is 3. The Bertz CT molecular complexity index is 2330. The molecule has 306 valence electrons. The van der Waals surface area contributed by atoms with Gasteiger partial charge in [-0.1, -0.05) is 31.4 Å². The zero-order valence-corrected chi connectivity index (χ0v) is 33.7. The average Bonchev–Trinajstić information content (AvgIpc) is 3.86.